The number of carbonyl (C=O) groups excluding carboxylic acids is 2. The molecular weight excluding hydrogens is 272 g/mol. The van der Waals surface area contributed by atoms with Crippen LogP contribution in [0, 0.1) is 0 Å². The van der Waals surface area contributed by atoms with E-state index in [0.29, 0.717) is 23.3 Å². The van der Waals surface area contributed by atoms with Gasteiger partial charge in [-0.25, -0.2) is 9.59 Å². The topological polar surface area (TPSA) is 61.8 Å². The maximum Gasteiger partial charge on any atom is 0.338 e. The lowest BCUT2D eigenvalue weighted by Crippen LogP contribution is -2.18. The molecule has 2 rings (SSSR count). The van der Waals surface area contributed by atoms with E-state index in [-0.39, 0.29) is 6.10 Å². The highest BCUT2D eigenvalue weighted by Gasteiger charge is 2.26. The second-order valence-electron chi connectivity index (χ2n) is 4.67. The molecule has 1 saturated heterocycles. The first-order valence-electron chi connectivity index (χ1n) is 6.76. The monoisotopic (exact) mass is 290 g/mol. The lowest BCUT2D eigenvalue weighted by molar-refractivity contribution is -0.137. The maximum atomic E-state index is 12.0. The molecule has 1 fully saturated rings. The normalized spacial score (nSPS) is 18.4. The minimum absolute atomic E-state index is 0.289. The summed E-state index contributed by atoms with van der Waals surface area (Å²) < 4.78 is 15.1. The number of esters is 2. The van der Waals surface area contributed by atoms with E-state index in [0.717, 1.165) is 12.8 Å². The van der Waals surface area contributed by atoms with Crippen LogP contribution in [0.4, 0.5) is 0 Å². The number of rotatable bonds is 4. The molecule has 5 heteroatoms. The Morgan fingerprint density at radius 3 is 2.62 bits per heavy atom. The molecule has 0 amide bonds. The highest BCUT2D eigenvalue weighted by molar-refractivity contribution is 5.99. The number of ether oxygens (including phenoxy) is 3. The molecule has 0 aromatic heterocycles. The van der Waals surface area contributed by atoms with Gasteiger partial charge in [0, 0.05) is 6.61 Å². The smallest absolute Gasteiger partial charge is 0.338 e. The van der Waals surface area contributed by atoms with Crippen molar-refractivity contribution in [2.24, 2.45) is 0 Å². The zero-order valence-corrected chi connectivity index (χ0v) is 12.1. The van der Waals surface area contributed by atoms with Gasteiger partial charge in [-0.05, 0) is 30.5 Å². The Morgan fingerprint density at radius 2 is 2.00 bits per heavy atom. The standard InChI is InChI=1S/C16H18O5/c1-19-15(17)12-7-4-3-6-11(12)10-13(16(18)20-2)14-8-5-9-21-14/h3-4,6-7,10,14H,5,8-9H2,1-2H3/b13-10-. The highest BCUT2D eigenvalue weighted by Crippen LogP contribution is 2.24. The van der Waals surface area contributed by atoms with Gasteiger partial charge in [0.25, 0.3) is 0 Å². The number of carbonyl (C=O) groups is 2. The zero-order valence-electron chi connectivity index (χ0n) is 12.1. The molecular formula is C16H18O5. The Labute approximate surface area is 123 Å². The van der Waals surface area contributed by atoms with Gasteiger partial charge in [-0.1, -0.05) is 18.2 Å². The summed E-state index contributed by atoms with van der Waals surface area (Å²) in [6.45, 7) is 0.623. The first-order chi connectivity index (χ1) is 10.2. The summed E-state index contributed by atoms with van der Waals surface area (Å²) in [7, 11) is 2.65. The van der Waals surface area contributed by atoms with E-state index in [9.17, 15) is 9.59 Å². The van der Waals surface area contributed by atoms with E-state index in [4.69, 9.17) is 14.2 Å². The summed E-state index contributed by atoms with van der Waals surface area (Å²) in [6.07, 6.45) is 3.02. The van der Waals surface area contributed by atoms with Crippen LogP contribution in [-0.4, -0.2) is 38.9 Å². The van der Waals surface area contributed by atoms with E-state index < -0.39 is 11.9 Å². The number of hydrogen-bond acceptors (Lipinski definition) is 5. The molecule has 0 saturated carbocycles. The van der Waals surface area contributed by atoms with E-state index in [1.807, 2.05) is 0 Å². The fourth-order valence-electron chi connectivity index (χ4n) is 2.31. The van der Waals surface area contributed by atoms with Crippen LogP contribution < -0.4 is 0 Å². The fraction of sp³-hybridized carbons (Fsp3) is 0.375. The molecule has 0 radical (unpaired) electrons. The Bertz CT molecular complexity index is 556. The second kappa shape index (κ2) is 7.04. The van der Waals surface area contributed by atoms with Gasteiger partial charge in [0.1, 0.15) is 0 Å². The Balaban J connectivity index is 2.42. The minimum Gasteiger partial charge on any atom is -0.466 e. The van der Waals surface area contributed by atoms with Crippen LogP contribution in [0.15, 0.2) is 29.8 Å². The number of hydrogen-bond donors (Lipinski definition) is 0. The van der Waals surface area contributed by atoms with Crippen molar-refractivity contribution in [1.82, 2.24) is 0 Å². The third kappa shape index (κ3) is 3.49. The molecule has 0 aliphatic carbocycles. The van der Waals surface area contributed by atoms with Crippen LogP contribution in [0.5, 0.6) is 0 Å². The van der Waals surface area contributed by atoms with Crippen molar-refractivity contribution in [1.29, 1.82) is 0 Å². The predicted octanol–water partition coefficient (Wildman–Crippen LogP) is 2.21. The SMILES string of the molecule is COC(=O)/C(=C\c1ccccc1C(=O)OC)C1CCCO1. The van der Waals surface area contributed by atoms with Gasteiger partial charge in [-0.3, -0.25) is 0 Å². The first-order valence-corrected chi connectivity index (χ1v) is 6.76. The molecule has 0 spiro atoms. The van der Waals surface area contributed by atoms with Crippen LogP contribution >= 0.6 is 0 Å². The van der Waals surface area contributed by atoms with E-state index in [2.05, 4.69) is 0 Å². The molecule has 1 atom stereocenters. The third-order valence-electron chi connectivity index (χ3n) is 3.37. The molecule has 1 aliphatic heterocycles. The summed E-state index contributed by atoms with van der Waals surface area (Å²) in [5.41, 5.74) is 1.44. The van der Waals surface area contributed by atoms with Crippen LogP contribution in [0.25, 0.3) is 6.08 Å². The quantitative estimate of drug-likeness (QED) is 0.628. The van der Waals surface area contributed by atoms with E-state index >= 15 is 0 Å². The highest BCUT2D eigenvalue weighted by atomic mass is 16.5. The maximum absolute atomic E-state index is 12.0. The summed E-state index contributed by atoms with van der Waals surface area (Å²) in [5.74, 6) is -0.889. The van der Waals surface area contributed by atoms with E-state index in [1.54, 1.807) is 30.3 Å². The van der Waals surface area contributed by atoms with Crippen LogP contribution in [-0.2, 0) is 19.0 Å². The summed E-state index contributed by atoms with van der Waals surface area (Å²) in [5, 5.41) is 0. The molecule has 1 aromatic carbocycles. The predicted molar refractivity (Wildman–Crippen MR) is 76.7 cm³/mol. The lowest BCUT2D eigenvalue weighted by atomic mass is 10.0. The Kier molecular flexibility index (Phi) is 5.11. The van der Waals surface area contributed by atoms with Gasteiger partial charge < -0.3 is 14.2 Å². The first kappa shape index (κ1) is 15.3. The van der Waals surface area contributed by atoms with Crippen molar-refractivity contribution in [2.75, 3.05) is 20.8 Å². The second-order valence-corrected chi connectivity index (χ2v) is 4.67. The largest absolute Gasteiger partial charge is 0.466 e. The van der Waals surface area contributed by atoms with Crippen molar-refractivity contribution >= 4 is 18.0 Å². The van der Waals surface area contributed by atoms with Crippen LogP contribution in [0.1, 0.15) is 28.8 Å². The Morgan fingerprint density at radius 1 is 1.24 bits per heavy atom. The van der Waals surface area contributed by atoms with Gasteiger partial charge in [-0.2, -0.15) is 0 Å². The molecule has 1 aromatic rings. The zero-order chi connectivity index (χ0) is 15.2. The van der Waals surface area contributed by atoms with Gasteiger partial charge in [0.05, 0.1) is 31.5 Å². The number of benzene rings is 1. The van der Waals surface area contributed by atoms with Crippen molar-refractivity contribution in [2.45, 2.75) is 18.9 Å². The van der Waals surface area contributed by atoms with Crippen molar-refractivity contribution in [3.63, 3.8) is 0 Å². The van der Waals surface area contributed by atoms with Gasteiger partial charge in [-0.15, -0.1) is 0 Å². The molecule has 112 valence electrons. The van der Waals surface area contributed by atoms with Crippen molar-refractivity contribution in [3.05, 3.63) is 41.0 Å². The molecule has 0 N–H and O–H groups in total. The van der Waals surface area contributed by atoms with Crippen molar-refractivity contribution in [3.8, 4) is 0 Å². The lowest BCUT2D eigenvalue weighted by Gasteiger charge is -2.13. The summed E-state index contributed by atoms with van der Waals surface area (Å²) in [6, 6.07) is 6.95. The van der Waals surface area contributed by atoms with Crippen LogP contribution in [0.3, 0.4) is 0 Å². The number of methoxy groups -OCH3 is 2. The van der Waals surface area contributed by atoms with Gasteiger partial charge in [0.2, 0.25) is 0 Å². The average Bonchev–Trinajstić information content (AvgIpc) is 3.05. The minimum atomic E-state index is -0.446. The van der Waals surface area contributed by atoms with Gasteiger partial charge >= 0.3 is 11.9 Å². The third-order valence-corrected chi connectivity index (χ3v) is 3.37. The molecule has 0 bridgehead atoms. The van der Waals surface area contributed by atoms with E-state index in [1.165, 1.54) is 14.2 Å². The Hall–Kier alpha value is -2.14. The molecule has 5 nitrogen and oxygen atoms in total. The fourth-order valence-corrected chi connectivity index (χ4v) is 2.31. The summed E-state index contributed by atoms with van der Waals surface area (Å²) >= 11 is 0. The van der Waals surface area contributed by atoms with Crippen molar-refractivity contribution < 1.29 is 23.8 Å². The average molecular weight is 290 g/mol. The van der Waals surface area contributed by atoms with Gasteiger partial charge in [0.15, 0.2) is 0 Å². The molecule has 1 unspecified atom stereocenters. The van der Waals surface area contributed by atoms with Crippen LogP contribution in [0.2, 0.25) is 0 Å². The molecule has 21 heavy (non-hydrogen) atoms. The molecule has 1 heterocycles. The molecule has 1 aliphatic rings. The summed E-state index contributed by atoms with van der Waals surface area (Å²) in [4.78, 5) is 23.7.